The molecule has 3 nitrogen and oxygen atoms in total. The largest absolute Gasteiger partial charge is 0.288 e. The summed E-state index contributed by atoms with van der Waals surface area (Å²) in [5.41, 5.74) is 8.49. The molecule has 0 aliphatic carbocycles. The highest BCUT2D eigenvalue weighted by atomic mass is 32.2. The van der Waals surface area contributed by atoms with E-state index in [4.69, 9.17) is 5.53 Å². The van der Waals surface area contributed by atoms with Crippen LogP contribution in [0.2, 0.25) is 0 Å². The zero-order chi connectivity index (χ0) is 9.68. The molecule has 0 saturated heterocycles. The Hall–Kier alpha value is -1.26. The summed E-state index contributed by atoms with van der Waals surface area (Å²) in [4.78, 5) is 3.02. The maximum atomic E-state index is 11.9. The monoisotopic (exact) mass is 201 g/mol. The van der Waals surface area contributed by atoms with E-state index >= 15 is 0 Å². The summed E-state index contributed by atoms with van der Waals surface area (Å²) in [6, 6.07) is 5.95. The van der Waals surface area contributed by atoms with Gasteiger partial charge in [-0.2, -0.15) is 8.78 Å². The predicted octanol–water partition coefficient (Wildman–Crippen LogP) is 3.94. The van der Waals surface area contributed by atoms with Gasteiger partial charge in [-0.3, -0.25) is 0 Å². The number of benzene rings is 1. The highest BCUT2D eigenvalue weighted by Gasteiger charge is 2.03. The Balaban J connectivity index is 2.75. The van der Waals surface area contributed by atoms with Gasteiger partial charge in [0.25, 0.3) is 5.76 Å². The highest BCUT2D eigenvalue weighted by molar-refractivity contribution is 7.99. The van der Waals surface area contributed by atoms with Crippen LogP contribution in [0.25, 0.3) is 10.4 Å². The smallest absolute Gasteiger partial charge is 0.198 e. The van der Waals surface area contributed by atoms with Crippen molar-refractivity contribution in [1.29, 1.82) is 0 Å². The van der Waals surface area contributed by atoms with Crippen molar-refractivity contribution in [2.75, 3.05) is 0 Å². The Kier molecular flexibility index (Phi) is 3.54. The van der Waals surface area contributed by atoms with Crippen molar-refractivity contribution < 1.29 is 8.78 Å². The van der Waals surface area contributed by atoms with E-state index in [0.717, 1.165) is 0 Å². The van der Waals surface area contributed by atoms with Gasteiger partial charge < -0.3 is 0 Å². The van der Waals surface area contributed by atoms with Crippen LogP contribution < -0.4 is 0 Å². The zero-order valence-electron chi connectivity index (χ0n) is 6.39. The molecular weight excluding hydrogens is 196 g/mol. The normalized spacial score (nSPS) is 9.77. The molecule has 0 aliphatic heterocycles. The fourth-order valence-corrected chi connectivity index (χ4v) is 1.24. The van der Waals surface area contributed by atoms with Crippen LogP contribution in [0.1, 0.15) is 0 Å². The lowest BCUT2D eigenvalue weighted by Gasteiger charge is -1.98. The molecule has 0 heterocycles. The SMILES string of the molecule is [N-]=[N+]=Nc1ccc(SC(F)F)cc1. The molecule has 0 N–H and O–H groups in total. The molecule has 13 heavy (non-hydrogen) atoms. The van der Waals surface area contributed by atoms with Crippen LogP contribution in [-0.4, -0.2) is 5.76 Å². The number of nitrogens with zero attached hydrogens (tertiary/aromatic N) is 3. The lowest BCUT2D eigenvalue weighted by molar-refractivity contribution is 0.252. The van der Waals surface area contributed by atoms with Crippen LogP contribution in [0.4, 0.5) is 14.5 Å². The van der Waals surface area contributed by atoms with Crippen LogP contribution >= 0.6 is 11.8 Å². The second-order valence-electron chi connectivity index (χ2n) is 2.06. The molecule has 0 aromatic heterocycles. The van der Waals surface area contributed by atoms with Gasteiger partial charge in [0.2, 0.25) is 0 Å². The summed E-state index contributed by atoms with van der Waals surface area (Å²) in [7, 11) is 0. The van der Waals surface area contributed by atoms with Gasteiger partial charge in [-0.25, -0.2) is 0 Å². The number of hydrogen-bond donors (Lipinski definition) is 0. The van der Waals surface area contributed by atoms with E-state index in [9.17, 15) is 8.78 Å². The van der Waals surface area contributed by atoms with E-state index in [1.54, 1.807) is 0 Å². The quantitative estimate of drug-likeness (QED) is 0.316. The molecule has 0 atom stereocenters. The first kappa shape index (κ1) is 9.83. The minimum atomic E-state index is -2.43. The van der Waals surface area contributed by atoms with Crippen LogP contribution in [0.5, 0.6) is 0 Å². The van der Waals surface area contributed by atoms with Crippen LogP contribution in [0, 0.1) is 0 Å². The third-order valence-corrected chi connectivity index (χ3v) is 1.94. The van der Waals surface area contributed by atoms with E-state index in [1.165, 1.54) is 24.3 Å². The predicted molar refractivity (Wildman–Crippen MR) is 47.1 cm³/mol. The van der Waals surface area contributed by atoms with Gasteiger partial charge in [0.1, 0.15) is 0 Å². The summed E-state index contributed by atoms with van der Waals surface area (Å²) in [5, 5.41) is 3.31. The minimum absolute atomic E-state index is 0.418. The van der Waals surface area contributed by atoms with E-state index in [-0.39, 0.29) is 0 Å². The Morgan fingerprint density at radius 2 is 1.92 bits per heavy atom. The topological polar surface area (TPSA) is 48.8 Å². The highest BCUT2D eigenvalue weighted by Crippen LogP contribution is 2.26. The molecule has 1 aromatic carbocycles. The first-order valence-corrected chi connectivity index (χ1v) is 4.20. The second kappa shape index (κ2) is 4.69. The van der Waals surface area contributed by atoms with Crippen molar-refractivity contribution in [1.82, 2.24) is 0 Å². The Morgan fingerprint density at radius 1 is 1.31 bits per heavy atom. The number of azide groups is 1. The molecule has 0 saturated carbocycles. The Labute approximate surface area is 77.4 Å². The molecule has 0 fully saturated rings. The summed E-state index contributed by atoms with van der Waals surface area (Å²) < 4.78 is 23.7. The number of rotatable bonds is 3. The van der Waals surface area contributed by atoms with E-state index in [2.05, 4.69) is 10.0 Å². The molecule has 0 amide bonds. The third kappa shape index (κ3) is 3.31. The molecule has 0 radical (unpaired) electrons. The van der Waals surface area contributed by atoms with Gasteiger partial charge >= 0.3 is 0 Å². The number of hydrogen-bond acceptors (Lipinski definition) is 2. The lowest BCUT2D eigenvalue weighted by Crippen LogP contribution is -1.79. The van der Waals surface area contributed by atoms with Gasteiger partial charge in [0.05, 0.1) is 0 Å². The standard InChI is InChI=1S/C7H5F2N3S/c8-7(9)13-6-3-1-5(2-4-6)11-12-10/h1-4,7H. The molecule has 1 rings (SSSR count). The van der Waals surface area contributed by atoms with Gasteiger partial charge in [0, 0.05) is 15.5 Å². The number of alkyl halides is 2. The molecule has 0 spiro atoms. The maximum Gasteiger partial charge on any atom is 0.288 e. The minimum Gasteiger partial charge on any atom is -0.198 e. The van der Waals surface area contributed by atoms with Crippen molar-refractivity contribution in [2.24, 2.45) is 5.11 Å². The van der Waals surface area contributed by atoms with Crippen LogP contribution in [0.15, 0.2) is 34.3 Å². The average Bonchev–Trinajstić information content (AvgIpc) is 2.08. The third-order valence-electron chi connectivity index (χ3n) is 1.22. The molecule has 1 aromatic rings. The summed E-state index contributed by atoms with van der Waals surface area (Å²) >= 11 is 0.457. The van der Waals surface area contributed by atoms with Crippen LogP contribution in [0.3, 0.4) is 0 Å². The van der Waals surface area contributed by atoms with Gasteiger partial charge in [-0.15, -0.1) is 0 Å². The van der Waals surface area contributed by atoms with Crippen molar-refractivity contribution in [3.63, 3.8) is 0 Å². The fraction of sp³-hybridized carbons (Fsp3) is 0.143. The maximum absolute atomic E-state index is 11.9. The van der Waals surface area contributed by atoms with E-state index < -0.39 is 5.76 Å². The van der Waals surface area contributed by atoms with Crippen LogP contribution in [-0.2, 0) is 0 Å². The molecule has 0 bridgehead atoms. The Morgan fingerprint density at radius 3 is 2.38 bits per heavy atom. The van der Waals surface area contributed by atoms with Crippen molar-refractivity contribution >= 4 is 17.4 Å². The molecular formula is C7H5F2N3S. The first-order valence-electron chi connectivity index (χ1n) is 3.32. The molecule has 68 valence electrons. The van der Waals surface area contributed by atoms with Crippen molar-refractivity contribution in [2.45, 2.75) is 10.7 Å². The van der Waals surface area contributed by atoms with Gasteiger partial charge in [0.15, 0.2) is 0 Å². The lowest BCUT2D eigenvalue weighted by atomic mass is 10.3. The molecule has 6 heteroatoms. The number of halogens is 2. The number of thioether (sulfide) groups is 1. The molecule has 0 aliphatic rings. The average molecular weight is 201 g/mol. The first-order chi connectivity index (χ1) is 6.22. The van der Waals surface area contributed by atoms with Crippen molar-refractivity contribution in [3.05, 3.63) is 34.7 Å². The van der Waals surface area contributed by atoms with E-state index in [0.29, 0.717) is 22.3 Å². The summed E-state index contributed by atoms with van der Waals surface area (Å²) in [5.74, 6) is -2.43. The zero-order valence-corrected chi connectivity index (χ0v) is 7.21. The summed E-state index contributed by atoms with van der Waals surface area (Å²) in [6.07, 6.45) is 0. The molecule has 0 unspecified atom stereocenters. The van der Waals surface area contributed by atoms with E-state index in [1.807, 2.05) is 0 Å². The van der Waals surface area contributed by atoms with Crippen molar-refractivity contribution in [3.8, 4) is 0 Å². The van der Waals surface area contributed by atoms with Gasteiger partial charge in [-0.1, -0.05) is 29.0 Å². The Bertz CT molecular complexity index is 319. The summed E-state index contributed by atoms with van der Waals surface area (Å²) in [6.45, 7) is 0. The van der Waals surface area contributed by atoms with Gasteiger partial charge in [-0.05, 0) is 17.7 Å². The fourth-order valence-electron chi connectivity index (χ4n) is 0.746. The second-order valence-corrected chi connectivity index (χ2v) is 3.13.